The summed E-state index contributed by atoms with van der Waals surface area (Å²) in [5.74, 6) is -0.177. The lowest BCUT2D eigenvalue weighted by molar-refractivity contribution is -0.140. The monoisotopic (exact) mass is 627 g/mol. The average molecular weight is 628 g/mol. The Bertz CT molecular complexity index is 1720. The molecule has 10 heteroatoms. The van der Waals surface area contributed by atoms with Crippen LogP contribution in [0.1, 0.15) is 36.1 Å². The number of halogens is 1. The number of rotatable bonds is 7. The van der Waals surface area contributed by atoms with E-state index in [0.717, 1.165) is 32.5 Å². The molecule has 2 atom stereocenters. The second kappa shape index (κ2) is 12.5. The van der Waals surface area contributed by atoms with E-state index < -0.39 is 10.8 Å². The molecule has 226 valence electrons. The Balaban J connectivity index is 1.48. The van der Waals surface area contributed by atoms with Gasteiger partial charge in [-0.15, -0.1) is 11.8 Å². The molecule has 2 aliphatic rings. The third-order valence-electron chi connectivity index (χ3n) is 8.49. The largest absolute Gasteiger partial charge is 0.361 e. The number of likely N-dealkylation sites (tertiary alicyclic amines) is 1. The van der Waals surface area contributed by atoms with Gasteiger partial charge >= 0.3 is 0 Å². The van der Waals surface area contributed by atoms with Crippen LogP contribution in [0, 0.1) is 0 Å². The standard InChI is InChI=1S/C34H34ClN5O3S/c1-23(41)38-14-16-39(17-15-38)33(43)34(44-27-6-4-3-5-7-27)19-31(42)40(22-25-10-8-24(9-11-25)20-36-2)32(34)29-21-37-30-18-26(35)12-13-28(29)30/h3-13,18,20-21,32,37H,14-17,19,22H2,1-2H3. The molecule has 2 unspecified atom stereocenters. The van der Waals surface area contributed by atoms with Crippen molar-refractivity contribution in [3.05, 3.63) is 101 Å². The Labute approximate surface area is 266 Å². The number of hydrogen-bond acceptors (Lipinski definition) is 5. The number of aromatic nitrogens is 1. The van der Waals surface area contributed by atoms with Gasteiger partial charge < -0.3 is 19.7 Å². The van der Waals surface area contributed by atoms with Gasteiger partial charge in [0.1, 0.15) is 4.75 Å². The molecule has 4 aromatic rings. The molecule has 0 saturated carbocycles. The van der Waals surface area contributed by atoms with Crippen LogP contribution in [0.5, 0.6) is 0 Å². The lowest BCUT2D eigenvalue weighted by atomic mass is 9.90. The number of benzene rings is 3. The fourth-order valence-electron chi connectivity index (χ4n) is 6.34. The van der Waals surface area contributed by atoms with Gasteiger partial charge in [0.05, 0.1) is 12.5 Å². The van der Waals surface area contributed by atoms with Gasteiger partial charge in [-0.2, -0.15) is 0 Å². The molecule has 2 fully saturated rings. The number of piperazine rings is 1. The van der Waals surface area contributed by atoms with E-state index >= 15 is 0 Å². The van der Waals surface area contributed by atoms with Crippen LogP contribution < -0.4 is 0 Å². The number of aromatic amines is 1. The lowest BCUT2D eigenvalue weighted by Crippen LogP contribution is -2.56. The summed E-state index contributed by atoms with van der Waals surface area (Å²) in [6, 6.07) is 22.9. The highest BCUT2D eigenvalue weighted by molar-refractivity contribution is 8.01. The summed E-state index contributed by atoms with van der Waals surface area (Å²) in [4.78, 5) is 55.0. The van der Waals surface area contributed by atoms with Gasteiger partial charge in [0.25, 0.3) is 0 Å². The van der Waals surface area contributed by atoms with Crippen molar-refractivity contribution in [2.75, 3.05) is 33.2 Å². The number of hydrogen-bond donors (Lipinski definition) is 1. The molecule has 2 aliphatic heterocycles. The molecule has 8 nitrogen and oxygen atoms in total. The summed E-state index contributed by atoms with van der Waals surface area (Å²) in [6.45, 7) is 3.66. The molecule has 3 aromatic carbocycles. The van der Waals surface area contributed by atoms with Crippen molar-refractivity contribution in [3.8, 4) is 0 Å². The number of nitrogens with zero attached hydrogens (tertiary/aromatic N) is 4. The van der Waals surface area contributed by atoms with Gasteiger partial charge in [0.2, 0.25) is 17.7 Å². The van der Waals surface area contributed by atoms with Crippen LogP contribution in [0.4, 0.5) is 0 Å². The van der Waals surface area contributed by atoms with Crippen LogP contribution in [0.2, 0.25) is 5.02 Å². The fourth-order valence-corrected chi connectivity index (χ4v) is 8.00. The molecule has 0 aliphatic carbocycles. The third kappa shape index (κ3) is 5.74. The third-order valence-corrected chi connectivity index (χ3v) is 10.1. The molecule has 6 rings (SSSR count). The van der Waals surface area contributed by atoms with E-state index in [0.29, 0.717) is 37.7 Å². The SMILES string of the molecule is CN=Cc1ccc(CN2C(=O)CC(Sc3ccccc3)(C(=O)N3CCN(C(C)=O)CC3)C2c2c[nH]c3cc(Cl)ccc23)cc1. The van der Waals surface area contributed by atoms with Gasteiger partial charge in [-0.3, -0.25) is 19.4 Å². The molecule has 1 N–H and O–H groups in total. The van der Waals surface area contributed by atoms with Gasteiger partial charge in [0.15, 0.2) is 0 Å². The molecule has 3 amide bonds. The summed E-state index contributed by atoms with van der Waals surface area (Å²) in [7, 11) is 1.73. The Morgan fingerprint density at radius 1 is 1.02 bits per heavy atom. The Morgan fingerprint density at radius 3 is 2.41 bits per heavy atom. The summed E-state index contributed by atoms with van der Waals surface area (Å²) in [6.07, 6.45) is 3.75. The number of amides is 3. The molecule has 0 radical (unpaired) electrons. The molecule has 0 spiro atoms. The van der Waals surface area contributed by atoms with Crippen molar-refractivity contribution < 1.29 is 14.4 Å². The van der Waals surface area contributed by atoms with Crippen molar-refractivity contribution >= 4 is 58.2 Å². The van der Waals surface area contributed by atoms with Gasteiger partial charge in [-0.25, -0.2) is 0 Å². The first-order chi connectivity index (χ1) is 21.3. The minimum Gasteiger partial charge on any atom is -0.361 e. The van der Waals surface area contributed by atoms with Crippen LogP contribution in [-0.4, -0.2) is 81.6 Å². The van der Waals surface area contributed by atoms with Crippen molar-refractivity contribution in [3.63, 3.8) is 0 Å². The molecular formula is C34H34ClN5O3S. The van der Waals surface area contributed by atoms with E-state index in [1.165, 1.54) is 11.8 Å². The van der Waals surface area contributed by atoms with Crippen molar-refractivity contribution in [2.45, 2.75) is 35.6 Å². The second-order valence-corrected chi connectivity index (χ2v) is 13.1. The van der Waals surface area contributed by atoms with Gasteiger partial charge in [-0.05, 0) is 35.4 Å². The van der Waals surface area contributed by atoms with E-state index in [-0.39, 0.29) is 24.1 Å². The number of fused-ring (bicyclic) bond motifs is 1. The quantitative estimate of drug-likeness (QED) is 0.272. The number of aliphatic imine (C=N–C) groups is 1. The maximum Gasteiger partial charge on any atom is 0.242 e. The number of carbonyl (C=O) groups is 3. The number of nitrogens with one attached hydrogen (secondary N) is 1. The summed E-state index contributed by atoms with van der Waals surface area (Å²) >= 11 is 7.81. The van der Waals surface area contributed by atoms with E-state index in [9.17, 15) is 14.4 Å². The zero-order valence-electron chi connectivity index (χ0n) is 24.7. The lowest BCUT2D eigenvalue weighted by Gasteiger charge is -2.42. The van der Waals surface area contributed by atoms with Crippen LogP contribution in [0.25, 0.3) is 10.9 Å². The number of H-pyrrole nitrogens is 1. The van der Waals surface area contributed by atoms with Crippen LogP contribution >= 0.6 is 23.4 Å². The molecule has 3 heterocycles. The normalized spacial score (nSPS) is 20.7. The summed E-state index contributed by atoms with van der Waals surface area (Å²) in [5.41, 5.74) is 3.65. The maximum absolute atomic E-state index is 14.9. The molecule has 2 saturated heterocycles. The minimum absolute atomic E-state index is 0.000695. The fraction of sp³-hybridized carbons (Fsp3) is 0.294. The first kappa shape index (κ1) is 30.0. The molecule has 0 bridgehead atoms. The van der Waals surface area contributed by atoms with Crippen LogP contribution in [0.3, 0.4) is 0 Å². The van der Waals surface area contributed by atoms with E-state index in [1.807, 2.05) is 88.8 Å². The Hall–Kier alpha value is -4.08. The molecule has 44 heavy (non-hydrogen) atoms. The maximum atomic E-state index is 14.9. The average Bonchev–Trinajstić information content (AvgIpc) is 3.55. The number of thioether (sulfide) groups is 1. The highest BCUT2D eigenvalue weighted by Gasteiger charge is 2.59. The Kier molecular flexibility index (Phi) is 8.51. The summed E-state index contributed by atoms with van der Waals surface area (Å²) in [5, 5.41) is 1.52. The van der Waals surface area contributed by atoms with Gasteiger partial charge in [-0.1, -0.05) is 60.1 Å². The van der Waals surface area contributed by atoms with Gasteiger partial charge in [0, 0.05) is 85.5 Å². The second-order valence-electron chi connectivity index (χ2n) is 11.3. The minimum atomic E-state index is -1.15. The van der Waals surface area contributed by atoms with Crippen LogP contribution in [-0.2, 0) is 20.9 Å². The first-order valence-electron chi connectivity index (χ1n) is 14.6. The first-order valence-corrected chi connectivity index (χ1v) is 15.8. The van der Waals surface area contributed by atoms with E-state index in [4.69, 9.17) is 11.6 Å². The zero-order chi connectivity index (χ0) is 30.8. The van der Waals surface area contributed by atoms with Crippen molar-refractivity contribution in [1.29, 1.82) is 0 Å². The predicted molar refractivity (Wildman–Crippen MR) is 175 cm³/mol. The summed E-state index contributed by atoms with van der Waals surface area (Å²) < 4.78 is -1.15. The molecule has 1 aromatic heterocycles. The molecular weight excluding hydrogens is 594 g/mol. The topological polar surface area (TPSA) is 89.1 Å². The van der Waals surface area contributed by atoms with Crippen molar-refractivity contribution in [1.82, 2.24) is 19.7 Å². The Morgan fingerprint density at radius 2 is 1.73 bits per heavy atom. The van der Waals surface area contributed by atoms with E-state index in [1.54, 1.807) is 25.1 Å². The van der Waals surface area contributed by atoms with E-state index in [2.05, 4.69) is 9.98 Å². The highest BCUT2D eigenvalue weighted by atomic mass is 35.5. The van der Waals surface area contributed by atoms with Crippen LogP contribution in [0.15, 0.2) is 88.9 Å². The predicted octanol–water partition coefficient (Wildman–Crippen LogP) is 5.57. The highest BCUT2D eigenvalue weighted by Crippen LogP contribution is 2.55. The zero-order valence-corrected chi connectivity index (χ0v) is 26.3. The smallest absolute Gasteiger partial charge is 0.242 e. The van der Waals surface area contributed by atoms with Crippen molar-refractivity contribution in [2.24, 2.45) is 4.99 Å². The number of carbonyl (C=O) groups excluding carboxylic acids is 3.